The van der Waals surface area contributed by atoms with Crippen molar-refractivity contribution in [1.29, 1.82) is 0 Å². The maximum atomic E-state index is 13.2. The molecule has 0 saturated carbocycles. The molecule has 1 aliphatic rings. The first-order valence-corrected chi connectivity index (χ1v) is 11.7. The molecule has 0 amide bonds. The first-order chi connectivity index (χ1) is 11.6. The Morgan fingerprint density at radius 1 is 1.12 bits per heavy atom. The number of esters is 1. The van der Waals surface area contributed by atoms with Gasteiger partial charge in [0, 0.05) is 14.9 Å². The Morgan fingerprint density at radius 2 is 1.83 bits per heavy atom. The highest BCUT2D eigenvalue weighted by molar-refractivity contribution is 6.59. The molecule has 0 aromatic heterocycles. The minimum absolute atomic E-state index is 0.0815. The van der Waals surface area contributed by atoms with Crippen LogP contribution in [0.1, 0.15) is 51.9 Å². The van der Waals surface area contributed by atoms with Crippen molar-refractivity contribution in [2.45, 2.75) is 70.0 Å². The van der Waals surface area contributed by atoms with Gasteiger partial charge in [0.25, 0.3) is 0 Å². The van der Waals surface area contributed by atoms with Crippen molar-refractivity contribution in [2.75, 3.05) is 0 Å². The molecule has 24 heavy (non-hydrogen) atoms. The number of hydrogen-bond donors (Lipinski definition) is 0. The van der Waals surface area contributed by atoms with Gasteiger partial charge >= 0.3 is 5.97 Å². The molecule has 5 heteroatoms. The number of ether oxygens (including phenoxy) is 1. The Kier molecular flexibility index (Phi) is 7.89. The van der Waals surface area contributed by atoms with E-state index in [0.29, 0.717) is 0 Å². The van der Waals surface area contributed by atoms with Crippen molar-refractivity contribution < 1.29 is 18.3 Å². The second kappa shape index (κ2) is 9.92. The topological polar surface area (TPSA) is 26.3 Å². The summed E-state index contributed by atoms with van der Waals surface area (Å²) in [4.78, 5) is 12.2. The smallest absolute Gasteiger partial charge is 0.314 e. The van der Waals surface area contributed by atoms with Gasteiger partial charge in [-0.05, 0) is 25.0 Å². The Bertz CT molecular complexity index is 528. The molecule has 1 aliphatic heterocycles. The van der Waals surface area contributed by atoms with Gasteiger partial charge in [0.15, 0.2) is 11.6 Å². The molecule has 0 atom stereocenters. The van der Waals surface area contributed by atoms with Crippen molar-refractivity contribution in [2.24, 2.45) is 5.92 Å². The number of benzene rings is 1. The third-order valence-corrected chi connectivity index (χ3v) is 8.53. The van der Waals surface area contributed by atoms with Crippen LogP contribution in [0.3, 0.4) is 0 Å². The van der Waals surface area contributed by atoms with Gasteiger partial charge in [0.05, 0.1) is 5.92 Å². The van der Waals surface area contributed by atoms with Crippen molar-refractivity contribution in [3.8, 4) is 5.75 Å². The van der Waals surface area contributed by atoms with E-state index in [1.54, 1.807) is 0 Å². The minimum atomic E-state index is -0.987. The summed E-state index contributed by atoms with van der Waals surface area (Å²) in [7, 11) is -0.674. The SMILES string of the molecule is CCCCCCC[SiH]1CCC(C(=O)Oc2ccc(F)c(F)c2)CC1. The van der Waals surface area contributed by atoms with Crippen LogP contribution in [-0.4, -0.2) is 14.8 Å². The molecule has 0 N–H and O–H groups in total. The predicted octanol–water partition coefficient (Wildman–Crippen LogP) is 5.48. The Morgan fingerprint density at radius 3 is 2.50 bits per heavy atom. The molecule has 0 radical (unpaired) electrons. The van der Waals surface area contributed by atoms with E-state index in [9.17, 15) is 13.6 Å². The molecule has 0 aliphatic carbocycles. The third kappa shape index (κ3) is 6.00. The first kappa shape index (κ1) is 19.1. The van der Waals surface area contributed by atoms with E-state index in [4.69, 9.17) is 4.74 Å². The lowest BCUT2D eigenvalue weighted by atomic mass is 10.0. The fourth-order valence-electron chi connectivity index (χ4n) is 3.46. The van der Waals surface area contributed by atoms with Crippen molar-refractivity contribution >= 4 is 14.8 Å². The average Bonchev–Trinajstić information content (AvgIpc) is 2.58. The molecule has 2 nitrogen and oxygen atoms in total. The van der Waals surface area contributed by atoms with E-state index in [-0.39, 0.29) is 17.6 Å². The molecular formula is C19H28F2O2Si. The quantitative estimate of drug-likeness (QED) is 0.267. The van der Waals surface area contributed by atoms with Gasteiger partial charge in [-0.25, -0.2) is 8.78 Å². The molecule has 1 aromatic rings. The van der Waals surface area contributed by atoms with E-state index < -0.39 is 20.4 Å². The lowest BCUT2D eigenvalue weighted by molar-refractivity contribution is -0.139. The predicted molar refractivity (Wildman–Crippen MR) is 95.0 cm³/mol. The molecule has 1 heterocycles. The van der Waals surface area contributed by atoms with Crippen LogP contribution in [0.2, 0.25) is 18.1 Å². The highest BCUT2D eigenvalue weighted by atomic mass is 28.3. The lowest BCUT2D eigenvalue weighted by Gasteiger charge is -2.26. The minimum Gasteiger partial charge on any atom is -0.426 e. The Hall–Kier alpha value is -1.23. The van der Waals surface area contributed by atoms with E-state index in [1.165, 1.54) is 56.3 Å². The Balaban J connectivity index is 1.69. The van der Waals surface area contributed by atoms with Gasteiger partial charge in [-0.15, -0.1) is 0 Å². The molecule has 2 rings (SSSR count). The maximum absolute atomic E-state index is 13.2. The molecule has 0 bridgehead atoms. The average molecular weight is 355 g/mol. The number of rotatable bonds is 8. The number of carbonyl (C=O) groups is 1. The van der Waals surface area contributed by atoms with Gasteiger partial charge in [-0.3, -0.25) is 4.79 Å². The number of halogens is 2. The number of hydrogen-bond acceptors (Lipinski definition) is 2. The fourth-order valence-corrected chi connectivity index (χ4v) is 6.94. The summed E-state index contributed by atoms with van der Waals surface area (Å²) in [6.45, 7) is 2.23. The van der Waals surface area contributed by atoms with Crippen molar-refractivity contribution in [3.05, 3.63) is 29.8 Å². The normalized spacial score (nSPS) is 20.8. The van der Waals surface area contributed by atoms with E-state index in [0.717, 1.165) is 25.0 Å². The summed E-state index contributed by atoms with van der Waals surface area (Å²) in [6, 6.07) is 7.02. The zero-order valence-electron chi connectivity index (χ0n) is 14.5. The summed E-state index contributed by atoms with van der Waals surface area (Å²) in [5.74, 6) is -2.20. The summed E-state index contributed by atoms with van der Waals surface area (Å²) >= 11 is 0. The molecule has 1 fully saturated rings. The third-order valence-electron chi connectivity index (χ3n) is 5.01. The van der Waals surface area contributed by atoms with Crippen LogP contribution in [0, 0.1) is 17.6 Å². The Labute approximate surface area is 145 Å². The fraction of sp³-hybridized carbons (Fsp3) is 0.632. The summed E-state index contributed by atoms with van der Waals surface area (Å²) in [5, 5.41) is 0. The van der Waals surface area contributed by atoms with Crippen molar-refractivity contribution in [1.82, 2.24) is 0 Å². The second-order valence-corrected chi connectivity index (χ2v) is 10.4. The summed E-state index contributed by atoms with van der Waals surface area (Å²) in [6.07, 6.45) is 8.45. The van der Waals surface area contributed by atoms with Gasteiger partial charge in [-0.2, -0.15) is 0 Å². The van der Waals surface area contributed by atoms with E-state index in [1.807, 2.05) is 0 Å². The van der Waals surface area contributed by atoms with E-state index >= 15 is 0 Å². The van der Waals surface area contributed by atoms with Gasteiger partial charge in [0.2, 0.25) is 0 Å². The lowest BCUT2D eigenvalue weighted by Crippen LogP contribution is -2.28. The van der Waals surface area contributed by atoms with Gasteiger partial charge in [-0.1, -0.05) is 57.2 Å². The zero-order valence-corrected chi connectivity index (χ0v) is 15.7. The highest BCUT2D eigenvalue weighted by Crippen LogP contribution is 2.30. The van der Waals surface area contributed by atoms with Crippen LogP contribution in [-0.2, 0) is 4.79 Å². The van der Waals surface area contributed by atoms with Gasteiger partial charge in [0.1, 0.15) is 5.75 Å². The maximum Gasteiger partial charge on any atom is 0.314 e. The molecule has 0 spiro atoms. The first-order valence-electron chi connectivity index (χ1n) is 9.27. The summed E-state index contributed by atoms with van der Waals surface area (Å²) < 4.78 is 31.3. The monoisotopic (exact) mass is 354 g/mol. The van der Waals surface area contributed by atoms with Crippen LogP contribution < -0.4 is 4.74 Å². The van der Waals surface area contributed by atoms with E-state index in [2.05, 4.69) is 6.92 Å². The van der Waals surface area contributed by atoms with Gasteiger partial charge < -0.3 is 4.74 Å². The van der Waals surface area contributed by atoms with Crippen LogP contribution >= 0.6 is 0 Å². The van der Waals surface area contributed by atoms with Crippen LogP contribution in [0.5, 0.6) is 5.75 Å². The number of carbonyl (C=O) groups excluding carboxylic acids is 1. The standard InChI is InChI=1S/C19H28F2O2Si/c1-2-3-4-5-6-11-24-12-9-15(10-13-24)19(22)23-16-7-8-17(20)18(21)14-16/h7-8,14-15,24H,2-6,9-13H2,1H3. The van der Waals surface area contributed by atoms with Crippen molar-refractivity contribution in [3.63, 3.8) is 0 Å². The van der Waals surface area contributed by atoms with Crippen LogP contribution in [0.25, 0.3) is 0 Å². The second-order valence-electron chi connectivity index (χ2n) is 6.92. The summed E-state index contributed by atoms with van der Waals surface area (Å²) in [5.41, 5.74) is 0. The molecule has 1 saturated heterocycles. The zero-order chi connectivity index (χ0) is 17.4. The van der Waals surface area contributed by atoms with Crippen LogP contribution in [0.15, 0.2) is 18.2 Å². The molecule has 134 valence electrons. The largest absolute Gasteiger partial charge is 0.426 e. The molecule has 1 aromatic carbocycles. The highest BCUT2D eigenvalue weighted by Gasteiger charge is 2.28. The molecule has 0 unspecified atom stereocenters. The molecular weight excluding hydrogens is 326 g/mol. The van der Waals surface area contributed by atoms with Crippen LogP contribution in [0.4, 0.5) is 8.78 Å². The number of unbranched alkanes of at least 4 members (excludes halogenated alkanes) is 4.